The Kier molecular flexibility index (Phi) is 7.14. The number of nitrogens with zero attached hydrogens (tertiary/aromatic N) is 3. The first-order chi connectivity index (χ1) is 16.6. The monoisotopic (exact) mass is 458 g/mol. The Morgan fingerprint density at radius 2 is 1.74 bits per heavy atom. The zero-order valence-corrected chi connectivity index (χ0v) is 20.7. The third-order valence-corrected chi connectivity index (χ3v) is 7.78. The van der Waals surface area contributed by atoms with Crippen LogP contribution in [0.1, 0.15) is 47.9 Å². The van der Waals surface area contributed by atoms with Gasteiger partial charge in [-0.15, -0.1) is 0 Å². The zero-order chi connectivity index (χ0) is 23.4. The second-order valence-electron chi connectivity index (χ2n) is 10.1. The minimum Gasteiger partial charge on any atom is -0.381 e. The van der Waals surface area contributed by atoms with E-state index in [0.717, 1.165) is 51.4 Å². The van der Waals surface area contributed by atoms with Gasteiger partial charge in [-0.2, -0.15) is 5.10 Å². The normalized spacial score (nSPS) is 18.4. The van der Waals surface area contributed by atoms with Crippen molar-refractivity contribution in [2.75, 3.05) is 32.8 Å². The molecule has 0 atom stereocenters. The van der Waals surface area contributed by atoms with Crippen molar-refractivity contribution in [2.24, 2.45) is 0 Å². The lowest BCUT2D eigenvalue weighted by Crippen LogP contribution is -2.56. The van der Waals surface area contributed by atoms with Gasteiger partial charge in [0.2, 0.25) is 0 Å². The number of ether oxygens (including phenoxy) is 1. The molecule has 0 unspecified atom stereocenters. The molecule has 0 amide bonds. The summed E-state index contributed by atoms with van der Waals surface area (Å²) in [6.45, 7) is 11.2. The van der Waals surface area contributed by atoms with Crippen LogP contribution in [0.2, 0.25) is 0 Å². The van der Waals surface area contributed by atoms with Crippen molar-refractivity contribution < 1.29 is 4.74 Å². The van der Waals surface area contributed by atoms with E-state index in [0.29, 0.717) is 0 Å². The van der Waals surface area contributed by atoms with E-state index in [4.69, 9.17) is 9.84 Å². The van der Waals surface area contributed by atoms with Gasteiger partial charge in [-0.3, -0.25) is 9.58 Å². The number of aryl methyl sites for hydroxylation is 2. The fourth-order valence-corrected chi connectivity index (χ4v) is 5.55. The van der Waals surface area contributed by atoms with Gasteiger partial charge in [0.05, 0.1) is 12.2 Å². The number of likely N-dealkylation sites (tertiary alicyclic amines) is 1. The molecule has 2 aliphatic rings. The highest BCUT2D eigenvalue weighted by Gasteiger charge is 2.39. The van der Waals surface area contributed by atoms with Crippen LogP contribution in [0, 0.1) is 13.8 Å². The van der Waals surface area contributed by atoms with Gasteiger partial charge in [-0.25, -0.2) is 0 Å². The van der Waals surface area contributed by atoms with Crippen LogP contribution < -0.4 is 5.32 Å². The quantitative estimate of drug-likeness (QED) is 0.519. The summed E-state index contributed by atoms with van der Waals surface area (Å²) in [5.74, 6) is 0. The number of benzene rings is 2. The molecule has 34 heavy (non-hydrogen) atoms. The summed E-state index contributed by atoms with van der Waals surface area (Å²) in [7, 11) is 0. The van der Waals surface area contributed by atoms with Gasteiger partial charge in [0.25, 0.3) is 0 Å². The Bertz CT molecular complexity index is 1080. The summed E-state index contributed by atoms with van der Waals surface area (Å²) >= 11 is 0. The highest BCUT2D eigenvalue weighted by atomic mass is 16.5. The summed E-state index contributed by atoms with van der Waals surface area (Å²) in [6.07, 6.45) is 7.13. The third kappa shape index (κ3) is 5.12. The predicted molar refractivity (Wildman–Crippen MR) is 138 cm³/mol. The summed E-state index contributed by atoms with van der Waals surface area (Å²) in [6, 6.07) is 17.3. The predicted octanol–water partition coefficient (Wildman–Crippen LogP) is 4.95. The van der Waals surface area contributed by atoms with E-state index in [1.807, 2.05) is 0 Å². The van der Waals surface area contributed by atoms with Crippen LogP contribution in [-0.2, 0) is 17.8 Å². The van der Waals surface area contributed by atoms with E-state index >= 15 is 0 Å². The number of nitrogens with one attached hydrogen (secondary N) is 1. The highest BCUT2D eigenvalue weighted by molar-refractivity contribution is 5.64. The van der Waals surface area contributed by atoms with Crippen molar-refractivity contribution in [1.82, 2.24) is 20.0 Å². The summed E-state index contributed by atoms with van der Waals surface area (Å²) < 4.78 is 7.84. The van der Waals surface area contributed by atoms with Crippen LogP contribution in [0.4, 0.5) is 0 Å². The van der Waals surface area contributed by atoms with Crippen molar-refractivity contribution in [1.29, 1.82) is 0 Å². The molecule has 180 valence electrons. The van der Waals surface area contributed by atoms with Gasteiger partial charge in [0, 0.05) is 49.2 Å². The Labute approximate surface area is 204 Å². The molecule has 5 rings (SSSR count). The molecule has 3 heterocycles. The SMILES string of the molecule is Cc1ccc(-c2nn(Cc3ccccc3)cc2CNCC2(N3CCCC3)CCOCC2)cc1C. The van der Waals surface area contributed by atoms with Crippen molar-refractivity contribution in [3.8, 4) is 11.3 Å². The number of rotatable bonds is 8. The second kappa shape index (κ2) is 10.4. The van der Waals surface area contributed by atoms with Crippen LogP contribution in [0.15, 0.2) is 54.7 Å². The minimum absolute atomic E-state index is 0.232. The molecular formula is C29H38N4O. The molecule has 0 saturated carbocycles. The standard InChI is InChI=1S/C29H38N4O/c1-23-10-11-26(18-24(23)2)28-27(21-33(31-28)20-25-8-4-3-5-9-25)19-30-22-29(12-16-34-17-13-29)32-14-6-7-15-32/h3-5,8-11,18,21,30H,6-7,12-17,19-20,22H2,1-2H3. The Morgan fingerprint density at radius 3 is 2.47 bits per heavy atom. The Hall–Kier alpha value is -2.47. The minimum atomic E-state index is 0.232. The maximum atomic E-state index is 5.74. The highest BCUT2D eigenvalue weighted by Crippen LogP contribution is 2.31. The lowest BCUT2D eigenvalue weighted by Gasteiger charge is -2.45. The molecule has 2 fully saturated rings. The Morgan fingerprint density at radius 1 is 0.971 bits per heavy atom. The maximum Gasteiger partial charge on any atom is 0.0968 e. The van der Waals surface area contributed by atoms with E-state index in [2.05, 4.69) is 83.5 Å². The van der Waals surface area contributed by atoms with Crippen molar-refractivity contribution >= 4 is 0 Å². The Balaban J connectivity index is 1.37. The van der Waals surface area contributed by atoms with Gasteiger partial charge >= 0.3 is 0 Å². The summed E-state index contributed by atoms with van der Waals surface area (Å²) in [5.41, 5.74) is 7.69. The van der Waals surface area contributed by atoms with Gasteiger partial charge in [0.1, 0.15) is 0 Å². The molecule has 1 N–H and O–H groups in total. The molecule has 1 aromatic heterocycles. The molecule has 2 saturated heterocycles. The maximum absolute atomic E-state index is 5.74. The van der Waals surface area contributed by atoms with Crippen molar-refractivity contribution in [3.05, 3.63) is 77.0 Å². The first-order valence-electron chi connectivity index (χ1n) is 12.8. The summed E-state index contributed by atoms with van der Waals surface area (Å²) in [4.78, 5) is 2.73. The van der Waals surface area contributed by atoms with E-state index in [-0.39, 0.29) is 5.54 Å². The fraction of sp³-hybridized carbons (Fsp3) is 0.483. The summed E-state index contributed by atoms with van der Waals surface area (Å²) in [5, 5.41) is 8.90. The first-order valence-corrected chi connectivity index (χ1v) is 12.8. The third-order valence-electron chi connectivity index (χ3n) is 7.78. The van der Waals surface area contributed by atoms with E-state index in [9.17, 15) is 0 Å². The molecule has 5 heteroatoms. The molecule has 2 aromatic carbocycles. The molecule has 2 aliphatic heterocycles. The zero-order valence-electron chi connectivity index (χ0n) is 20.7. The van der Waals surface area contributed by atoms with E-state index in [1.165, 1.54) is 53.7 Å². The average Bonchev–Trinajstić information content (AvgIpc) is 3.53. The lowest BCUT2D eigenvalue weighted by molar-refractivity contribution is -0.0185. The molecule has 0 aliphatic carbocycles. The van der Waals surface area contributed by atoms with Crippen LogP contribution in [0.25, 0.3) is 11.3 Å². The topological polar surface area (TPSA) is 42.3 Å². The fourth-order valence-electron chi connectivity index (χ4n) is 5.55. The molecule has 0 radical (unpaired) electrons. The second-order valence-corrected chi connectivity index (χ2v) is 10.1. The molecule has 3 aromatic rings. The van der Waals surface area contributed by atoms with Gasteiger partial charge < -0.3 is 10.1 Å². The number of hydrogen-bond donors (Lipinski definition) is 1. The average molecular weight is 459 g/mol. The van der Waals surface area contributed by atoms with E-state index in [1.54, 1.807) is 0 Å². The molecule has 5 nitrogen and oxygen atoms in total. The number of aromatic nitrogens is 2. The van der Waals surface area contributed by atoms with Gasteiger partial charge in [-0.1, -0.05) is 42.5 Å². The smallest absolute Gasteiger partial charge is 0.0968 e. The van der Waals surface area contributed by atoms with Gasteiger partial charge in [-0.05, 0) is 75.4 Å². The molecule has 0 bridgehead atoms. The van der Waals surface area contributed by atoms with Gasteiger partial charge in [0.15, 0.2) is 0 Å². The first kappa shape index (κ1) is 23.3. The molecular weight excluding hydrogens is 420 g/mol. The molecule has 0 spiro atoms. The van der Waals surface area contributed by atoms with E-state index < -0.39 is 0 Å². The largest absolute Gasteiger partial charge is 0.381 e. The number of hydrogen-bond acceptors (Lipinski definition) is 4. The van der Waals surface area contributed by atoms with Crippen molar-refractivity contribution in [3.63, 3.8) is 0 Å². The van der Waals surface area contributed by atoms with Crippen LogP contribution >= 0.6 is 0 Å². The van der Waals surface area contributed by atoms with Crippen LogP contribution in [0.5, 0.6) is 0 Å². The van der Waals surface area contributed by atoms with Crippen molar-refractivity contribution in [2.45, 2.75) is 58.2 Å². The van der Waals surface area contributed by atoms with Crippen LogP contribution in [-0.4, -0.2) is 53.1 Å². The van der Waals surface area contributed by atoms with Crippen LogP contribution in [0.3, 0.4) is 0 Å². The lowest BCUT2D eigenvalue weighted by atomic mass is 9.88.